The van der Waals surface area contributed by atoms with Crippen molar-refractivity contribution in [2.24, 2.45) is 11.3 Å². The highest BCUT2D eigenvalue weighted by Crippen LogP contribution is 2.58. The van der Waals surface area contributed by atoms with Gasteiger partial charge in [0.05, 0.1) is 7.11 Å². The standard InChI is InChI=1S/C15H22N4O3S.ClH/c1-22-12(20)4-2-3-11-18-19-14(23-11)17-13(21)10-9-15(10)5-7-16-8-6-15;/h10,16H,2-9H2,1H3,(H,17,19,21);1H. The van der Waals surface area contributed by atoms with Gasteiger partial charge in [-0.05, 0) is 44.2 Å². The van der Waals surface area contributed by atoms with Gasteiger partial charge >= 0.3 is 5.97 Å². The first-order chi connectivity index (χ1) is 11.1. The number of esters is 1. The van der Waals surface area contributed by atoms with Gasteiger partial charge in [-0.2, -0.15) is 0 Å². The summed E-state index contributed by atoms with van der Waals surface area (Å²) in [6.45, 7) is 2.01. The van der Waals surface area contributed by atoms with E-state index in [9.17, 15) is 9.59 Å². The minimum Gasteiger partial charge on any atom is -0.469 e. The van der Waals surface area contributed by atoms with E-state index in [4.69, 9.17) is 0 Å². The highest BCUT2D eigenvalue weighted by atomic mass is 35.5. The zero-order valence-electron chi connectivity index (χ0n) is 13.7. The van der Waals surface area contributed by atoms with E-state index in [0.717, 1.165) is 37.4 Å². The third kappa shape index (κ3) is 4.43. The molecule has 1 unspecified atom stereocenters. The molecule has 2 heterocycles. The van der Waals surface area contributed by atoms with Gasteiger partial charge in [0.25, 0.3) is 0 Å². The van der Waals surface area contributed by atoms with Gasteiger partial charge < -0.3 is 15.4 Å². The number of ether oxygens (including phenoxy) is 1. The first-order valence-electron chi connectivity index (χ1n) is 8.04. The van der Waals surface area contributed by atoms with E-state index in [-0.39, 0.29) is 35.6 Å². The summed E-state index contributed by atoms with van der Waals surface area (Å²) in [7, 11) is 1.38. The van der Waals surface area contributed by atoms with E-state index in [2.05, 4.69) is 25.6 Å². The van der Waals surface area contributed by atoms with Gasteiger partial charge in [-0.15, -0.1) is 22.6 Å². The Morgan fingerprint density at radius 3 is 2.83 bits per heavy atom. The second-order valence-electron chi connectivity index (χ2n) is 6.29. The number of amides is 1. The van der Waals surface area contributed by atoms with Crippen LogP contribution < -0.4 is 10.6 Å². The number of aryl methyl sites for hydroxylation is 1. The quantitative estimate of drug-likeness (QED) is 0.737. The number of halogens is 1. The SMILES string of the molecule is COC(=O)CCCc1nnc(NC(=O)C2CC23CCNCC3)s1.Cl. The average molecular weight is 375 g/mol. The lowest BCUT2D eigenvalue weighted by atomic mass is 9.92. The number of anilines is 1. The van der Waals surface area contributed by atoms with E-state index in [0.29, 0.717) is 24.4 Å². The molecule has 1 aromatic heterocycles. The molecule has 1 atom stereocenters. The van der Waals surface area contributed by atoms with E-state index in [1.165, 1.54) is 18.4 Å². The molecule has 0 bridgehead atoms. The number of aromatic nitrogens is 2. The number of carbonyl (C=O) groups is 2. The van der Waals surface area contributed by atoms with Crippen LogP contribution >= 0.6 is 23.7 Å². The summed E-state index contributed by atoms with van der Waals surface area (Å²) in [6.07, 6.45) is 4.87. The number of rotatable bonds is 6. The molecule has 3 rings (SSSR count). The molecule has 134 valence electrons. The summed E-state index contributed by atoms with van der Waals surface area (Å²) in [5, 5.41) is 15.7. The smallest absolute Gasteiger partial charge is 0.305 e. The second-order valence-corrected chi connectivity index (χ2v) is 7.35. The van der Waals surface area contributed by atoms with E-state index in [1.54, 1.807) is 0 Å². The Morgan fingerprint density at radius 2 is 2.12 bits per heavy atom. The molecule has 2 fully saturated rings. The lowest BCUT2D eigenvalue weighted by molar-refractivity contribution is -0.140. The van der Waals surface area contributed by atoms with Crippen LogP contribution in [0.2, 0.25) is 0 Å². The van der Waals surface area contributed by atoms with E-state index < -0.39 is 0 Å². The Labute approximate surface area is 151 Å². The number of carbonyl (C=O) groups excluding carboxylic acids is 2. The lowest BCUT2D eigenvalue weighted by Gasteiger charge is -2.22. The molecule has 9 heteroatoms. The van der Waals surface area contributed by atoms with Crippen LogP contribution in [0.5, 0.6) is 0 Å². The molecule has 1 spiro atoms. The molecule has 2 aliphatic rings. The maximum absolute atomic E-state index is 12.3. The fourth-order valence-electron chi connectivity index (χ4n) is 3.28. The van der Waals surface area contributed by atoms with Crippen LogP contribution in [0.15, 0.2) is 0 Å². The fourth-order valence-corrected chi connectivity index (χ4v) is 4.06. The first-order valence-corrected chi connectivity index (χ1v) is 8.85. The molecule has 0 radical (unpaired) electrons. The van der Waals surface area contributed by atoms with Gasteiger partial charge in [-0.25, -0.2) is 0 Å². The van der Waals surface area contributed by atoms with Crippen LogP contribution in [-0.2, 0) is 20.7 Å². The Hall–Kier alpha value is -1.25. The van der Waals surface area contributed by atoms with Crippen LogP contribution in [0.1, 0.15) is 37.1 Å². The molecule has 1 aliphatic heterocycles. The first kappa shape index (κ1) is 19.1. The topological polar surface area (TPSA) is 93.2 Å². The van der Waals surface area contributed by atoms with Gasteiger partial charge in [-0.3, -0.25) is 9.59 Å². The molecule has 1 aromatic rings. The zero-order valence-corrected chi connectivity index (χ0v) is 15.3. The number of piperidine rings is 1. The Kier molecular flexibility index (Phi) is 6.54. The molecular formula is C15H23ClN4O3S. The van der Waals surface area contributed by atoms with Gasteiger partial charge in [0.2, 0.25) is 11.0 Å². The predicted octanol–water partition coefficient (Wildman–Crippen LogP) is 1.78. The van der Waals surface area contributed by atoms with Crippen molar-refractivity contribution < 1.29 is 14.3 Å². The molecular weight excluding hydrogens is 352 g/mol. The van der Waals surface area contributed by atoms with Crippen LogP contribution in [0.3, 0.4) is 0 Å². The highest BCUT2D eigenvalue weighted by Gasteiger charge is 2.57. The van der Waals surface area contributed by atoms with Gasteiger partial charge in [0, 0.05) is 18.8 Å². The monoisotopic (exact) mass is 374 g/mol. The Bertz CT molecular complexity index is 589. The normalized spacial score (nSPS) is 21.0. The van der Waals surface area contributed by atoms with Crippen molar-refractivity contribution in [2.75, 3.05) is 25.5 Å². The lowest BCUT2D eigenvalue weighted by Crippen LogP contribution is -2.31. The van der Waals surface area contributed by atoms with E-state index >= 15 is 0 Å². The van der Waals surface area contributed by atoms with Crippen molar-refractivity contribution >= 4 is 40.8 Å². The Balaban J connectivity index is 0.00000208. The number of hydrogen-bond donors (Lipinski definition) is 2. The summed E-state index contributed by atoms with van der Waals surface area (Å²) in [4.78, 5) is 23.4. The fraction of sp³-hybridized carbons (Fsp3) is 0.733. The summed E-state index contributed by atoms with van der Waals surface area (Å²) in [6, 6.07) is 0. The third-order valence-corrected chi connectivity index (χ3v) is 5.70. The van der Waals surface area contributed by atoms with Gasteiger partial charge in [0.1, 0.15) is 5.01 Å². The Morgan fingerprint density at radius 1 is 1.38 bits per heavy atom. The van der Waals surface area contributed by atoms with Crippen LogP contribution in [-0.4, -0.2) is 42.3 Å². The van der Waals surface area contributed by atoms with Crippen LogP contribution in [0, 0.1) is 11.3 Å². The summed E-state index contributed by atoms with van der Waals surface area (Å²) < 4.78 is 4.60. The summed E-state index contributed by atoms with van der Waals surface area (Å²) in [5.74, 6) is -0.0236. The molecule has 24 heavy (non-hydrogen) atoms. The molecule has 1 aliphatic carbocycles. The molecule has 2 N–H and O–H groups in total. The molecule has 1 amide bonds. The van der Waals surface area contributed by atoms with Crippen LogP contribution in [0.25, 0.3) is 0 Å². The largest absolute Gasteiger partial charge is 0.469 e. The average Bonchev–Trinajstić information content (AvgIpc) is 3.06. The third-order valence-electron chi connectivity index (χ3n) is 4.80. The molecule has 0 aromatic carbocycles. The van der Waals surface area contributed by atoms with Gasteiger partial charge in [-0.1, -0.05) is 11.3 Å². The van der Waals surface area contributed by atoms with Gasteiger partial charge in [0.15, 0.2) is 0 Å². The van der Waals surface area contributed by atoms with Crippen LogP contribution in [0.4, 0.5) is 5.13 Å². The van der Waals surface area contributed by atoms with Crippen molar-refractivity contribution in [1.82, 2.24) is 15.5 Å². The zero-order chi connectivity index (χ0) is 16.3. The second kappa shape index (κ2) is 8.22. The van der Waals surface area contributed by atoms with Crippen molar-refractivity contribution in [3.05, 3.63) is 5.01 Å². The number of nitrogens with one attached hydrogen (secondary N) is 2. The molecule has 1 saturated carbocycles. The van der Waals surface area contributed by atoms with Crippen molar-refractivity contribution in [1.29, 1.82) is 0 Å². The highest BCUT2D eigenvalue weighted by molar-refractivity contribution is 7.15. The number of methoxy groups -OCH3 is 1. The minimum absolute atomic E-state index is 0. The number of hydrogen-bond acceptors (Lipinski definition) is 7. The summed E-state index contributed by atoms with van der Waals surface area (Å²) >= 11 is 1.38. The van der Waals surface area contributed by atoms with Crippen molar-refractivity contribution in [3.63, 3.8) is 0 Å². The van der Waals surface area contributed by atoms with E-state index in [1.807, 2.05) is 0 Å². The summed E-state index contributed by atoms with van der Waals surface area (Å²) in [5.41, 5.74) is 0.226. The predicted molar refractivity (Wildman–Crippen MR) is 93.4 cm³/mol. The molecule has 7 nitrogen and oxygen atoms in total. The minimum atomic E-state index is -0.218. The molecule has 1 saturated heterocycles. The maximum Gasteiger partial charge on any atom is 0.305 e. The van der Waals surface area contributed by atoms with Crippen molar-refractivity contribution in [2.45, 2.75) is 38.5 Å². The maximum atomic E-state index is 12.3. The van der Waals surface area contributed by atoms with Crippen molar-refractivity contribution in [3.8, 4) is 0 Å². The number of nitrogens with zero attached hydrogens (tertiary/aromatic N) is 2.